The summed E-state index contributed by atoms with van der Waals surface area (Å²) in [7, 11) is 0. The van der Waals surface area contributed by atoms with E-state index < -0.39 is 54.6 Å². The van der Waals surface area contributed by atoms with Crippen molar-refractivity contribution in [3.05, 3.63) is 188 Å². The summed E-state index contributed by atoms with van der Waals surface area (Å²) in [5.74, 6) is -2.30. The first-order chi connectivity index (χ1) is 27.2. The van der Waals surface area contributed by atoms with Crippen molar-refractivity contribution in [2.75, 3.05) is 6.61 Å². The third-order valence-electron chi connectivity index (χ3n) is 9.08. The molecular formula is C44H30Cl2N2O8. The van der Waals surface area contributed by atoms with E-state index in [0.717, 1.165) is 0 Å². The lowest BCUT2D eigenvalue weighted by atomic mass is 9.98. The van der Waals surface area contributed by atoms with E-state index in [9.17, 15) is 24.4 Å². The van der Waals surface area contributed by atoms with Crippen LogP contribution in [0.2, 0.25) is 10.0 Å². The van der Waals surface area contributed by atoms with Crippen molar-refractivity contribution in [3.63, 3.8) is 0 Å². The molecule has 10 nitrogen and oxygen atoms in total. The second kappa shape index (κ2) is 16.9. The second-order valence-corrected chi connectivity index (χ2v) is 13.5. The zero-order valence-electron chi connectivity index (χ0n) is 29.3. The Hall–Kier alpha value is -6.51. The minimum atomic E-state index is -1.53. The van der Waals surface area contributed by atoms with E-state index in [1.54, 1.807) is 133 Å². The van der Waals surface area contributed by atoms with Crippen LogP contribution in [0.25, 0.3) is 22.4 Å². The fourth-order valence-electron chi connectivity index (χ4n) is 6.35. The molecule has 1 aliphatic rings. The van der Waals surface area contributed by atoms with Gasteiger partial charge in [-0.3, -0.25) is 9.36 Å². The maximum atomic E-state index is 14.8. The molecule has 7 rings (SSSR count). The van der Waals surface area contributed by atoms with Crippen molar-refractivity contribution in [1.82, 2.24) is 4.57 Å². The van der Waals surface area contributed by atoms with Crippen LogP contribution in [0, 0.1) is 11.3 Å². The highest BCUT2D eigenvalue weighted by atomic mass is 35.5. The molecule has 2 heterocycles. The summed E-state index contributed by atoms with van der Waals surface area (Å²) in [5.41, 5.74) is 1.11. The first-order valence-electron chi connectivity index (χ1n) is 17.3. The number of esters is 3. The Bertz CT molecular complexity index is 2470. The van der Waals surface area contributed by atoms with Gasteiger partial charge in [0.05, 0.1) is 22.4 Å². The molecule has 56 heavy (non-hydrogen) atoms. The maximum absolute atomic E-state index is 14.8. The van der Waals surface area contributed by atoms with Crippen molar-refractivity contribution in [1.29, 1.82) is 5.26 Å². The minimum Gasteiger partial charge on any atom is -0.459 e. The predicted octanol–water partition coefficient (Wildman–Crippen LogP) is 8.57. The van der Waals surface area contributed by atoms with Gasteiger partial charge in [0, 0.05) is 15.6 Å². The molecule has 1 saturated heterocycles. The van der Waals surface area contributed by atoms with Crippen LogP contribution >= 0.6 is 23.2 Å². The number of nitriles is 1. The predicted molar refractivity (Wildman–Crippen MR) is 208 cm³/mol. The molecular weight excluding hydrogens is 755 g/mol. The van der Waals surface area contributed by atoms with E-state index in [4.69, 9.17) is 42.1 Å². The van der Waals surface area contributed by atoms with E-state index in [0.29, 0.717) is 26.7 Å². The quantitative estimate of drug-likeness (QED) is 0.0989. The smallest absolute Gasteiger partial charge is 0.338 e. The summed E-state index contributed by atoms with van der Waals surface area (Å²) >= 11 is 12.4. The number of halogens is 2. The van der Waals surface area contributed by atoms with Gasteiger partial charge in [-0.25, -0.2) is 14.4 Å². The number of ether oxygens (including phenoxy) is 4. The molecule has 6 aromatic rings. The fraction of sp³-hybridized carbons (Fsp3) is 0.114. The Balaban J connectivity index is 1.40. The van der Waals surface area contributed by atoms with Gasteiger partial charge in [0.1, 0.15) is 24.3 Å². The Morgan fingerprint density at radius 1 is 0.643 bits per heavy atom. The largest absolute Gasteiger partial charge is 0.459 e. The van der Waals surface area contributed by atoms with Crippen LogP contribution in [-0.4, -0.2) is 47.4 Å². The third kappa shape index (κ3) is 8.11. The van der Waals surface area contributed by atoms with Crippen molar-refractivity contribution in [3.8, 4) is 28.5 Å². The van der Waals surface area contributed by atoms with Crippen LogP contribution in [0.3, 0.4) is 0 Å². The lowest BCUT2D eigenvalue weighted by Gasteiger charge is -2.27. The highest BCUT2D eigenvalue weighted by Crippen LogP contribution is 2.39. The Morgan fingerprint density at radius 2 is 1.11 bits per heavy atom. The highest BCUT2D eigenvalue weighted by molar-refractivity contribution is 6.31. The van der Waals surface area contributed by atoms with Crippen LogP contribution in [0.15, 0.2) is 150 Å². The summed E-state index contributed by atoms with van der Waals surface area (Å²) in [4.78, 5) is 55.5. The van der Waals surface area contributed by atoms with Crippen LogP contribution < -0.4 is 5.56 Å². The first-order valence-corrected chi connectivity index (χ1v) is 18.1. The zero-order chi connectivity index (χ0) is 39.2. The van der Waals surface area contributed by atoms with Gasteiger partial charge in [0.15, 0.2) is 18.4 Å². The molecule has 0 radical (unpaired) electrons. The number of benzene rings is 5. The normalized spacial score (nSPS) is 17.4. The van der Waals surface area contributed by atoms with Crippen LogP contribution in [0.4, 0.5) is 0 Å². The van der Waals surface area contributed by atoms with Gasteiger partial charge in [-0.2, -0.15) is 5.26 Å². The van der Waals surface area contributed by atoms with Crippen molar-refractivity contribution < 1.29 is 33.3 Å². The molecule has 0 saturated carbocycles. The lowest BCUT2D eigenvalue weighted by Crippen LogP contribution is -2.42. The Labute approximate surface area is 331 Å². The number of carbonyl (C=O) groups is 3. The molecule has 1 fully saturated rings. The van der Waals surface area contributed by atoms with Gasteiger partial charge in [-0.15, -0.1) is 0 Å². The average molecular weight is 786 g/mol. The number of hydrogen-bond acceptors (Lipinski definition) is 9. The second-order valence-electron chi connectivity index (χ2n) is 12.6. The molecule has 5 aromatic carbocycles. The van der Waals surface area contributed by atoms with Gasteiger partial charge in [0.2, 0.25) is 0 Å². The lowest BCUT2D eigenvalue weighted by molar-refractivity contribution is -0.0627. The van der Waals surface area contributed by atoms with Crippen molar-refractivity contribution in [2.45, 2.75) is 24.5 Å². The first kappa shape index (κ1) is 37.8. The number of rotatable bonds is 10. The molecule has 0 aliphatic carbocycles. The zero-order valence-corrected chi connectivity index (χ0v) is 30.8. The van der Waals surface area contributed by atoms with E-state index >= 15 is 0 Å². The van der Waals surface area contributed by atoms with Crippen LogP contribution in [-0.2, 0) is 18.9 Å². The summed E-state index contributed by atoms with van der Waals surface area (Å²) < 4.78 is 25.6. The van der Waals surface area contributed by atoms with E-state index in [2.05, 4.69) is 0 Å². The number of carbonyl (C=O) groups excluding carboxylic acids is 3. The molecule has 4 atom stereocenters. The molecule has 0 bridgehead atoms. The summed E-state index contributed by atoms with van der Waals surface area (Å²) in [5, 5.41) is 11.4. The SMILES string of the molecule is N#Cc1c(-c2ccc(Cl)cc2)cc(-c2ccc(Cl)cc2)n([C@@H]2O[C@H](COC(=O)c3ccccc3)[C@@H](OC(=O)c3ccccc3)[C@H]2OC(=O)c2ccccc2)c1=O. The summed E-state index contributed by atoms with van der Waals surface area (Å²) in [6, 6.07) is 41.4. The molecule has 0 amide bonds. The molecule has 0 unspecified atom stereocenters. The third-order valence-corrected chi connectivity index (χ3v) is 9.59. The van der Waals surface area contributed by atoms with Crippen LogP contribution in [0.5, 0.6) is 0 Å². The van der Waals surface area contributed by atoms with Gasteiger partial charge in [-0.1, -0.05) is 102 Å². The van der Waals surface area contributed by atoms with Crippen molar-refractivity contribution >= 4 is 41.1 Å². The van der Waals surface area contributed by atoms with Gasteiger partial charge in [0.25, 0.3) is 5.56 Å². The summed E-state index contributed by atoms with van der Waals surface area (Å²) in [6.45, 7) is -0.477. The number of pyridine rings is 1. The molecule has 1 aromatic heterocycles. The molecule has 1 aliphatic heterocycles. The molecule has 0 spiro atoms. The highest BCUT2D eigenvalue weighted by Gasteiger charge is 2.52. The monoisotopic (exact) mass is 784 g/mol. The number of nitrogens with zero attached hydrogens (tertiary/aromatic N) is 2. The van der Waals surface area contributed by atoms with E-state index in [1.807, 2.05) is 6.07 Å². The van der Waals surface area contributed by atoms with Gasteiger partial charge < -0.3 is 18.9 Å². The number of hydrogen-bond donors (Lipinski definition) is 0. The topological polar surface area (TPSA) is 134 Å². The van der Waals surface area contributed by atoms with Crippen molar-refractivity contribution in [2.24, 2.45) is 0 Å². The minimum absolute atomic E-state index is 0.166. The van der Waals surface area contributed by atoms with Gasteiger partial charge >= 0.3 is 17.9 Å². The standard InChI is InChI=1S/C44H30Cl2N2O8/c45-32-20-16-27(17-21-32)34-24-36(28-18-22-33(46)23-19-28)48(40(49)35(34)25-47)41-39(56-44(52)31-14-8-3-9-15-31)38(55-43(51)30-12-6-2-7-13-30)37(54-41)26-53-42(50)29-10-4-1-5-11-29/h1-24,37-39,41H,26H2/t37-,38-,39-,41-/m1/s1. The van der Waals surface area contributed by atoms with E-state index in [-0.39, 0.29) is 27.9 Å². The number of aromatic nitrogens is 1. The average Bonchev–Trinajstić information content (AvgIpc) is 3.56. The van der Waals surface area contributed by atoms with E-state index in [1.165, 1.54) is 16.7 Å². The molecule has 0 N–H and O–H groups in total. The molecule has 278 valence electrons. The van der Waals surface area contributed by atoms with Crippen LogP contribution in [0.1, 0.15) is 42.9 Å². The Morgan fingerprint density at radius 3 is 1.61 bits per heavy atom. The van der Waals surface area contributed by atoms with Gasteiger partial charge in [-0.05, 0) is 77.9 Å². The summed E-state index contributed by atoms with van der Waals surface area (Å²) in [6.07, 6.45) is -5.76. The fourth-order valence-corrected chi connectivity index (χ4v) is 6.60. The maximum Gasteiger partial charge on any atom is 0.338 e. The Kier molecular flexibility index (Phi) is 11.4. The molecule has 12 heteroatoms.